The van der Waals surface area contributed by atoms with E-state index in [9.17, 15) is 18.5 Å². The molecule has 2 aromatic carbocycles. The highest BCUT2D eigenvalue weighted by atomic mass is 32.2. The highest BCUT2D eigenvalue weighted by Gasteiger charge is 2.47. The van der Waals surface area contributed by atoms with Gasteiger partial charge in [0.25, 0.3) is 0 Å². The summed E-state index contributed by atoms with van der Waals surface area (Å²) in [6.45, 7) is 0.990. The van der Waals surface area contributed by atoms with Crippen molar-refractivity contribution in [3.05, 3.63) is 59.9 Å². The molecule has 0 bridgehead atoms. The third-order valence-electron chi connectivity index (χ3n) is 9.83. The van der Waals surface area contributed by atoms with Gasteiger partial charge in [-0.3, -0.25) is 4.79 Å². The van der Waals surface area contributed by atoms with Gasteiger partial charge in [0.05, 0.1) is 23.0 Å². The van der Waals surface area contributed by atoms with E-state index >= 15 is 0 Å². The van der Waals surface area contributed by atoms with Gasteiger partial charge in [0.1, 0.15) is 17.2 Å². The number of carbonyl (C=O) groups is 1. The molecule has 0 amide bonds. The number of Topliss-reactive ketones (excluding diaryl/α,β-unsaturated/α-hetero) is 1. The molecular weight excluding hydrogens is 546 g/mol. The number of nitrogens with zero attached hydrogens (tertiary/aromatic N) is 3. The summed E-state index contributed by atoms with van der Waals surface area (Å²) >= 11 is 0. The lowest BCUT2D eigenvalue weighted by molar-refractivity contribution is -0.125. The van der Waals surface area contributed by atoms with Crippen LogP contribution in [-0.2, 0) is 14.6 Å². The van der Waals surface area contributed by atoms with Crippen LogP contribution in [0.25, 0.3) is 22.7 Å². The minimum absolute atomic E-state index is 0.0722. The molecule has 7 rings (SSSR count). The van der Waals surface area contributed by atoms with E-state index < -0.39 is 15.3 Å². The lowest BCUT2D eigenvalue weighted by Gasteiger charge is -2.30. The van der Waals surface area contributed by atoms with Crippen LogP contribution in [0.4, 0.5) is 5.69 Å². The van der Waals surface area contributed by atoms with Crippen LogP contribution in [0, 0.1) is 22.7 Å². The molecule has 4 aliphatic rings. The van der Waals surface area contributed by atoms with Gasteiger partial charge in [-0.15, -0.1) is 0 Å². The molecule has 3 saturated carbocycles. The van der Waals surface area contributed by atoms with E-state index in [0.29, 0.717) is 31.3 Å². The second-order valence-electron chi connectivity index (χ2n) is 12.8. The summed E-state index contributed by atoms with van der Waals surface area (Å²) < 4.78 is 30.6. The number of rotatable bonds is 8. The molecule has 7 nitrogen and oxygen atoms in total. The van der Waals surface area contributed by atoms with Crippen molar-refractivity contribution in [1.29, 1.82) is 5.26 Å². The van der Waals surface area contributed by atoms with Crippen molar-refractivity contribution < 1.29 is 17.6 Å². The fourth-order valence-electron chi connectivity index (χ4n) is 6.92. The van der Waals surface area contributed by atoms with Crippen molar-refractivity contribution in [2.75, 3.05) is 29.5 Å². The zero-order valence-corrected chi connectivity index (χ0v) is 24.7. The molecule has 0 N–H and O–H groups in total. The molecule has 0 unspecified atom stereocenters. The van der Waals surface area contributed by atoms with Crippen LogP contribution in [0.15, 0.2) is 52.9 Å². The number of carbonyl (C=O) groups excluding carboxylic acids is 1. The number of nitriles is 1. The van der Waals surface area contributed by atoms with Crippen LogP contribution >= 0.6 is 0 Å². The fourth-order valence-corrected chi connectivity index (χ4v) is 8.12. The molecule has 2 heterocycles. The first kappa shape index (κ1) is 27.4. The first-order valence-corrected chi connectivity index (χ1v) is 17.3. The standard InChI is InChI=1S/C34H37N3O4S/c35-22-34(15-16-34)21-30(38)27-6-2-3-7-28(27)32-31(36-33(41-32)29-8-4-1-5-26(29)23-9-10-23)24-11-13-25(14-12-24)37-17-19-42(39,40)20-18-37/h1,4-5,8,11-14,23,27-28H,2-3,6-7,9-10,15-21H2/t27-,28-/m1/s1. The number of oxazole rings is 1. The van der Waals surface area contributed by atoms with Crippen LogP contribution in [0.2, 0.25) is 0 Å². The predicted octanol–water partition coefficient (Wildman–Crippen LogP) is 6.66. The maximum Gasteiger partial charge on any atom is 0.227 e. The molecule has 0 spiro atoms. The first-order valence-electron chi connectivity index (χ1n) is 15.4. The number of hydrogen-bond acceptors (Lipinski definition) is 7. The van der Waals surface area contributed by atoms with Gasteiger partial charge < -0.3 is 9.32 Å². The summed E-state index contributed by atoms with van der Waals surface area (Å²) in [5.74, 6) is 2.24. The van der Waals surface area contributed by atoms with Crippen LogP contribution in [0.5, 0.6) is 0 Å². The fraction of sp³-hybridized carbons (Fsp3) is 0.500. The van der Waals surface area contributed by atoms with E-state index in [-0.39, 0.29) is 29.1 Å². The zero-order chi connectivity index (χ0) is 28.9. The van der Waals surface area contributed by atoms with Crippen molar-refractivity contribution in [3.8, 4) is 28.8 Å². The summed E-state index contributed by atoms with van der Waals surface area (Å²) in [5, 5.41) is 9.66. The molecule has 3 aliphatic carbocycles. The molecule has 0 radical (unpaired) electrons. The van der Waals surface area contributed by atoms with Gasteiger partial charge >= 0.3 is 0 Å². The summed E-state index contributed by atoms with van der Waals surface area (Å²) in [5.41, 5.74) is 4.56. The van der Waals surface area contributed by atoms with Gasteiger partial charge in [0.15, 0.2) is 9.84 Å². The average Bonchev–Trinajstić information content (AvgIpc) is 3.95. The Kier molecular flexibility index (Phi) is 6.97. The smallest absolute Gasteiger partial charge is 0.227 e. The predicted molar refractivity (Wildman–Crippen MR) is 162 cm³/mol. The summed E-state index contributed by atoms with van der Waals surface area (Å²) in [6.07, 6.45) is 8.04. The Morgan fingerprint density at radius 1 is 1.00 bits per heavy atom. The van der Waals surface area contributed by atoms with Crippen LogP contribution in [0.1, 0.15) is 80.9 Å². The normalized spacial score (nSPS) is 24.6. The molecule has 3 aromatic rings. The molecule has 1 saturated heterocycles. The Labute approximate surface area is 247 Å². The second-order valence-corrected chi connectivity index (χ2v) is 15.1. The Bertz CT molecular complexity index is 1630. The largest absolute Gasteiger partial charge is 0.440 e. The number of sulfone groups is 1. The summed E-state index contributed by atoms with van der Waals surface area (Å²) in [7, 11) is -2.95. The van der Waals surface area contributed by atoms with E-state index in [4.69, 9.17) is 9.40 Å². The zero-order valence-electron chi connectivity index (χ0n) is 23.9. The van der Waals surface area contributed by atoms with Gasteiger partial charge in [0, 0.05) is 48.2 Å². The number of aromatic nitrogens is 1. The number of benzene rings is 2. The Hall–Kier alpha value is -3.44. The van der Waals surface area contributed by atoms with Crippen molar-refractivity contribution in [2.24, 2.45) is 11.3 Å². The third-order valence-corrected chi connectivity index (χ3v) is 11.4. The van der Waals surface area contributed by atoms with E-state index in [1.165, 1.54) is 18.4 Å². The second kappa shape index (κ2) is 10.7. The van der Waals surface area contributed by atoms with Crippen LogP contribution in [0.3, 0.4) is 0 Å². The highest BCUT2D eigenvalue weighted by molar-refractivity contribution is 7.91. The van der Waals surface area contributed by atoms with Crippen molar-refractivity contribution in [3.63, 3.8) is 0 Å². The molecular formula is C34H37N3O4S. The number of hydrogen-bond donors (Lipinski definition) is 0. The maximum atomic E-state index is 13.7. The van der Waals surface area contributed by atoms with E-state index in [0.717, 1.165) is 66.8 Å². The van der Waals surface area contributed by atoms with Crippen molar-refractivity contribution >= 4 is 21.3 Å². The lowest BCUT2D eigenvalue weighted by Crippen LogP contribution is -2.40. The van der Waals surface area contributed by atoms with Crippen LogP contribution in [-0.4, -0.2) is 43.8 Å². The summed E-state index contributed by atoms with van der Waals surface area (Å²) in [6, 6.07) is 18.9. The van der Waals surface area contributed by atoms with E-state index in [1.54, 1.807) is 0 Å². The molecule has 42 heavy (non-hydrogen) atoms. The lowest BCUT2D eigenvalue weighted by atomic mass is 9.73. The quantitative estimate of drug-likeness (QED) is 0.292. The van der Waals surface area contributed by atoms with Gasteiger partial charge in [-0.25, -0.2) is 13.4 Å². The topological polar surface area (TPSA) is 104 Å². The highest BCUT2D eigenvalue weighted by Crippen LogP contribution is 2.52. The van der Waals surface area contributed by atoms with Gasteiger partial charge in [0.2, 0.25) is 5.89 Å². The number of anilines is 1. The third kappa shape index (κ3) is 5.40. The molecule has 8 heteroatoms. The van der Waals surface area contributed by atoms with Gasteiger partial charge in [-0.05, 0) is 68.2 Å². The maximum absolute atomic E-state index is 13.7. The van der Waals surface area contributed by atoms with Crippen molar-refractivity contribution in [1.82, 2.24) is 4.98 Å². The number of ketones is 1. The molecule has 218 valence electrons. The summed E-state index contributed by atoms with van der Waals surface area (Å²) in [4.78, 5) is 20.9. The monoisotopic (exact) mass is 583 g/mol. The van der Waals surface area contributed by atoms with E-state index in [1.807, 2.05) is 30.3 Å². The first-order chi connectivity index (χ1) is 20.3. The van der Waals surface area contributed by atoms with E-state index in [2.05, 4.69) is 29.2 Å². The molecule has 4 fully saturated rings. The van der Waals surface area contributed by atoms with Crippen LogP contribution < -0.4 is 4.90 Å². The minimum atomic E-state index is -2.95. The van der Waals surface area contributed by atoms with Gasteiger partial charge in [-0.1, -0.05) is 43.2 Å². The van der Waals surface area contributed by atoms with Gasteiger partial charge in [-0.2, -0.15) is 5.26 Å². The Balaban J connectivity index is 1.25. The van der Waals surface area contributed by atoms with Crippen molar-refractivity contribution in [2.45, 2.75) is 69.6 Å². The molecule has 1 aromatic heterocycles. The Morgan fingerprint density at radius 3 is 2.40 bits per heavy atom. The SMILES string of the molecule is N#CC1(CC(=O)[C@@H]2CCCC[C@H]2c2oc(-c3ccccc3C3CC3)nc2-c2ccc(N3CCS(=O)(=O)CC3)cc2)CC1. The minimum Gasteiger partial charge on any atom is -0.440 e. The molecule has 2 atom stereocenters. The Morgan fingerprint density at radius 2 is 1.71 bits per heavy atom. The molecule has 1 aliphatic heterocycles. The average molecular weight is 584 g/mol.